The molecule has 0 nitrogen and oxygen atoms in total. The summed E-state index contributed by atoms with van der Waals surface area (Å²) in [5.74, 6) is 0. The first kappa shape index (κ1) is 10.2. The fourth-order valence-electron chi connectivity index (χ4n) is 0.463. The van der Waals surface area contributed by atoms with E-state index in [1.165, 1.54) is 0 Å². The summed E-state index contributed by atoms with van der Waals surface area (Å²) in [6.45, 7) is 7.35. The van der Waals surface area contributed by atoms with E-state index in [0.717, 1.165) is 0 Å². The van der Waals surface area contributed by atoms with Crippen molar-refractivity contribution in [3.8, 4) is 0 Å². The van der Waals surface area contributed by atoms with E-state index < -0.39 is 8.07 Å². The number of hydrogen-bond donors (Lipinski definition) is 0. The first-order valence-electron chi connectivity index (χ1n) is 2.70. The average molecular weight is 368 g/mol. The van der Waals surface area contributed by atoms with Crippen molar-refractivity contribution in [2.45, 2.75) is 24.5 Å². The maximum Gasteiger partial charge on any atom is 0.443 e. The monoisotopic (exact) mass is 368 g/mol. The molecule has 8 heavy (non-hydrogen) atoms. The predicted octanol–water partition coefficient (Wildman–Crippen LogP) is 3.22. The fourth-order valence-corrected chi connectivity index (χ4v) is 27.9. The van der Waals surface area contributed by atoms with Gasteiger partial charge in [-0.15, -0.1) is 0 Å². The lowest BCUT2D eigenvalue weighted by Crippen LogP contribution is -2.23. The van der Waals surface area contributed by atoms with Crippen molar-refractivity contribution in [3.05, 3.63) is 0 Å². The third kappa shape index (κ3) is 8.21. The SMILES string of the molecule is C[Si](C)(C)[CH2][Al]([I])[I]. The van der Waals surface area contributed by atoms with Crippen molar-refractivity contribution >= 4 is 56.2 Å². The maximum absolute atomic E-state index is 2.63. The van der Waals surface area contributed by atoms with E-state index in [-0.39, 0.29) is 7.58 Å². The van der Waals surface area contributed by atoms with Crippen LogP contribution in [0.3, 0.4) is 0 Å². The number of hydrogen-bond acceptors (Lipinski definition) is 0. The molecule has 0 aliphatic carbocycles. The van der Waals surface area contributed by atoms with Gasteiger partial charge in [-0.3, -0.25) is 0 Å². The van der Waals surface area contributed by atoms with E-state index in [0.29, 0.717) is 0 Å². The highest BCUT2D eigenvalue weighted by Crippen LogP contribution is 2.18. The lowest BCUT2D eigenvalue weighted by atomic mass is 11.7. The molecule has 0 aromatic heterocycles. The fraction of sp³-hybridized carbons (Fsp3) is 1.00. The zero-order chi connectivity index (χ0) is 6.78. The molecule has 0 bridgehead atoms. The van der Waals surface area contributed by atoms with Crippen LogP contribution in [0.25, 0.3) is 0 Å². The van der Waals surface area contributed by atoms with Crippen molar-refractivity contribution < 1.29 is 0 Å². The molecule has 0 spiro atoms. The quantitative estimate of drug-likeness (QED) is 0.519. The van der Waals surface area contributed by atoms with E-state index >= 15 is 0 Å². The zero-order valence-electron chi connectivity index (χ0n) is 5.54. The summed E-state index contributed by atoms with van der Waals surface area (Å²) in [5, 5.41) is 0. The molecule has 0 saturated carbocycles. The molecule has 4 heteroatoms. The third-order valence-electron chi connectivity index (χ3n) is 0.767. The Morgan fingerprint density at radius 1 is 1.25 bits per heavy atom. The first-order chi connectivity index (χ1) is 3.42. The van der Waals surface area contributed by atoms with Gasteiger partial charge in [0.05, 0.1) is 0 Å². The number of rotatable bonds is 2. The summed E-state index contributed by atoms with van der Waals surface area (Å²) < 4.78 is 0. The molecule has 0 saturated heterocycles. The Kier molecular flexibility index (Phi) is 5.31. The van der Waals surface area contributed by atoms with Crippen molar-refractivity contribution in [3.63, 3.8) is 0 Å². The Labute approximate surface area is 79.6 Å². The Morgan fingerprint density at radius 2 is 1.62 bits per heavy atom. The Morgan fingerprint density at radius 3 is 1.62 bits per heavy atom. The smallest absolute Gasteiger partial charge is 0.191 e. The zero-order valence-corrected chi connectivity index (χ0v) is 12.0. The van der Waals surface area contributed by atoms with Gasteiger partial charge in [0.2, 0.25) is 0 Å². The summed E-state index contributed by atoms with van der Waals surface area (Å²) in [6.07, 6.45) is 0. The molecule has 0 aromatic rings. The second-order valence-electron chi connectivity index (χ2n) is 3.16. The van der Waals surface area contributed by atoms with Crippen molar-refractivity contribution in [2.24, 2.45) is 0 Å². The van der Waals surface area contributed by atoms with Crippen LogP contribution in [0.4, 0.5) is 0 Å². The third-order valence-corrected chi connectivity index (χ3v) is 14.8. The Hall–Kier alpha value is 2.21. The molecule has 48 valence electrons. The van der Waals surface area contributed by atoms with Crippen LogP contribution in [-0.4, -0.2) is 15.7 Å². The molecule has 0 aromatic carbocycles. The highest BCUT2D eigenvalue weighted by Gasteiger charge is 2.20. The van der Waals surface area contributed by atoms with Gasteiger partial charge in [0.1, 0.15) is 0 Å². The molecular formula is C4H11AlI2Si. The standard InChI is InChI=1S/C4H11Si.Al.2HI/c1-5(2,3)4;;;/h1H2,2-4H3;;2*1H/q;+2;;/p-2. The molecule has 0 unspecified atom stereocenters. The molecule has 0 rings (SSSR count). The second-order valence-corrected chi connectivity index (χ2v) is 26.9. The van der Waals surface area contributed by atoms with E-state index in [1.54, 1.807) is 4.91 Å². The largest absolute Gasteiger partial charge is 0.443 e. The van der Waals surface area contributed by atoms with Gasteiger partial charge >= 0.3 is 7.58 Å². The van der Waals surface area contributed by atoms with Crippen molar-refractivity contribution in [1.29, 1.82) is 0 Å². The van der Waals surface area contributed by atoms with Gasteiger partial charge in [-0.25, -0.2) is 0 Å². The van der Waals surface area contributed by atoms with Gasteiger partial charge in [0.25, 0.3) is 0 Å². The molecule has 0 radical (unpaired) electrons. The lowest BCUT2D eigenvalue weighted by Gasteiger charge is -2.13. The predicted molar refractivity (Wildman–Crippen MR) is 61.9 cm³/mol. The molecule has 0 aliphatic rings. The summed E-state index contributed by atoms with van der Waals surface area (Å²) >= 11 is 5.26. The molecule has 0 atom stereocenters. The molecule has 0 heterocycles. The summed E-state index contributed by atoms with van der Waals surface area (Å²) in [7, 11) is -0.967. The van der Waals surface area contributed by atoms with Crippen LogP contribution in [0.2, 0.25) is 24.5 Å². The van der Waals surface area contributed by atoms with E-state index in [1.807, 2.05) is 0 Å². The minimum absolute atomic E-state index is 0.294. The Balaban J connectivity index is 3.39. The molecular weight excluding hydrogens is 357 g/mol. The van der Waals surface area contributed by atoms with Crippen LogP contribution in [0.5, 0.6) is 0 Å². The minimum Gasteiger partial charge on any atom is -0.191 e. The lowest BCUT2D eigenvalue weighted by molar-refractivity contribution is 1.64. The van der Waals surface area contributed by atoms with E-state index in [2.05, 4.69) is 60.2 Å². The Bertz CT molecular complexity index is 68.9. The van der Waals surface area contributed by atoms with Gasteiger partial charge in [-0.1, -0.05) is 24.5 Å². The van der Waals surface area contributed by atoms with Gasteiger partial charge < -0.3 is 0 Å². The van der Waals surface area contributed by atoms with Crippen LogP contribution >= 0.6 is 40.5 Å². The summed E-state index contributed by atoms with van der Waals surface area (Å²) in [4.78, 5) is 1.58. The normalized spacial score (nSPS) is 11.6. The molecule has 0 fully saturated rings. The highest BCUT2D eigenvalue weighted by atomic mass is 127. The van der Waals surface area contributed by atoms with E-state index in [9.17, 15) is 0 Å². The van der Waals surface area contributed by atoms with E-state index in [4.69, 9.17) is 0 Å². The summed E-state index contributed by atoms with van der Waals surface area (Å²) in [5.41, 5.74) is 0. The van der Waals surface area contributed by atoms with Gasteiger partial charge in [-0.2, -0.15) is 40.5 Å². The first-order valence-corrected chi connectivity index (χ1v) is 15.6. The summed E-state index contributed by atoms with van der Waals surface area (Å²) in [6, 6.07) is 0. The maximum atomic E-state index is 2.63. The van der Waals surface area contributed by atoms with Gasteiger partial charge in [0, 0.05) is 8.07 Å². The van der Waals surface area contributed by atoms with Crippen molar-refractivity contribution in [2.75, 3.05) is 0 Å². The van der Waals surface area contributed by atoms with Gasteiger partial charge in [0.15, 0.2) is 0 Å². The minimum atomic E-state index is -0.674. The van der Waals surface area contributed by atoms with Crippen LogP contribution in [-0.2, 0) is 0 Å². The topological polar surface area (TPSA) is 0 Å². The van der Waals surface area contributed by atoms with Crippen LogP contribution in [0, 0.1) is 0 Å². The molecule has 0 N–H and O–H groups in total. The van der Waals surface area contributed by atoms with Gasteiger partial charge in [-0.05, 0) is 0 Å². The number of halogens is 2. The van der Waals surface area contributed by atoms with Crippen LogP contribution in [0.15, 0.2) is 0 Å². The molecule has 0 aliphatic heterocycles. The van der Waals surface area contributed by atoms with Crippen molar-refractivity contribution in [1.82, 2.24) is 0 Å². The highest BCUT2D eigenvalue weighted by molar-refractivity contribution is 14.3. The average Bonchev–Trinajstić information content (AvgIpc) is 1.21. The second kappa shape index (κ2) is 4.16. The molecule has 0 amide bonds. The van der Waals surface area contributed by atoms with Crippen LogP contribution < -0.4 is 0 Å². The van der Waals surface area contributed by atoms with Crippen LogP contribution in [0.1, 0.15) is 0 Å².